The fourth-order valence-corrected chi connectivity index (χ4v) is 5.80. The molecule has 10 nitrogen and oxygen atoms in total. The van der Waals surface area contributed by atoms with Crippen molar-refractivity contribution in [3.8, 4) is 17.0 Å². The van der Waals surface area contributed by atoms with Crippen molar-refractivity contribution in [2.75, 3.05) is 25.1 Å². The smallest absolute Gasteiger partial charge is 0.274 e. The molecule has 4 bridgehead atoms. The van der Waals surface area contributed by atoms with Crippen LogP contribution in [-0.4, -0.2) is 53.9 Å². The highest BCUT2D eigenvalue weighted by atomic mass is 19.1. The summed E-state index contributed by atoms with van der Waals surface area (Å²) < 4.78 is 42.5. The number of halogens is 2. The summed E-state index contributed by atoms with van der Waals surface area (Å²) in [5.74, 6) is -2.09. The van der Waals surface area contributed by atoms with Gasteiger partial charge in [0.05, 0.1) is 43.2 Å². The third kappa shape index (κ3) is 6.34. The molecule has 3 heterocycles. The number of rotatable bonds is 6. The Bertz CT molecular complexity index is 1490. The van der Waals surface area contributed by atoms with E-state index in [1.54, 1.807) is 24.7 Å². The maximum absolute atomic E-state index is 15.6. The Morgan fingerprint density at radius 2 is 2.10 bits per heavy atom. The number of hydrogen-bond acceptors (Lipinski definition) is 9. The van der Waals surface area contributed by atoms with E-state index in [0.29, 0.717) is 37.1 Å². The first kappa shape index (κ1) is 29.3. The van der Waals surface area contributed by atoms with Crippen molar-refractivity contribution in [1.29, 1.82) is 5.53 Å². The maximum atomic E-state index is 15.6. The quantitative estimate of drug-likeness (QED) is 0.268. The van der Waals surface area contributed by atoms with Gasteiger partial charge in [-0.1, -0.05) is 0 Å². The summed E-state index contributed by atoms with van der Waals surface area (Å²) in [6.07, 6.45) is 6.64. The molecule has 1 amide bonds. The molecule has 12 heteroatoms. The van der Waals surface area contributed by atoms with Crippen molar-refractivity contribution in [1.82, 2.24) is 9.97 Å². The third-order valence-electron chi connectivity index (χ3n) is 7.71. The van der Waals surface area contributed by atoms with Gasteiger partial charge in [0.25, 0.3) is 5.91 Å². The van der Waals surface area contributed by atoms with Crippen molar-refractivity contribution >= 4 is 17.8 Å². The number of fused-ring (bicyclic) bond motifs is 8. The second-order valence-corrected chi connectivity index (χ2v) is 10.4. The second-order valence-electron chi connectivity index (χ2n) is 10.4. The summed E-state index contributed by atoms with van der Waals surface area (Å²) in [7, 11) is 0. The minimum absolute atomic E-state index is 0.0139. The monoisotopic (exact) mass is 577 g/mol. The third-order valence-corrected chi connectivity index (χ3v) is 7.71. The normalized spacial score (nSPS) is 22.2. The molecule has 1 aliphatic heterocycles. The number of benzene rings is 1. The van der Waals surface area contributed by atoms with Crippen LogP contribution in [0.25, 0.3) is 11.3 Å². The van der Waals surface area contributed by atoms with E-state index in [9.17, 15) is 4.79 Å². The largest absolute Gasteiger partial charge is 0.493 e. The van der Waals surface area contributed by atoms with Gasteiger partial charge >= 0.3 is 0 Å². The summed E-state index contributed by atoms with van der Waals surface area (Å²) in [6, 6.07) is 6.51. The van der Waals surface area contributed by atoms with E-state index in [-0.39, 0.29) is 66.4 Å². The summed E-state index contributed by atoms with van der Waals surface area (Å²) in [4.78, 5) is 26.5. The molecular formula is C30H33F2N7O3. The highest BCUT2D eigenvalue weighted by Crippen LogP contribution is 2.42. The molecule has 0 spiro atoms. The van der Waals surface area contributed by atoms with Gasteiger partial charge < -0.3 is 20.5 Å². The molecule has 4 atom stereocenters. The van der Waals surface area contributed by atoms with E-state index in [1.807, 2.05) is 13.0 Å². The van der Waals surface area contributed by atoms with Crippen LogP contribution >= 0.6 is 0 Å². The number of carbonyl (C=O) groups excluding carboxylic acids is 1. The molecule has 1 aliphatic carbocycles. The molecule has 2 aliphatic rings. The summed E-state index contributed by atoms with van der Waals surface area (Å²) >= 11 is 0. The van der Waals surface area contributed by atoms with Gasteiger partial charge in [-0.25, -0.2) is 19.3 Å². The van der Waals surface area contributed by atoms with Crippen LogP contribution in [0, 0.1) is 23.1 Å². The lowest BCUT2D eigenvalue weighted by Crippen LogP contribution is -2.45. The molecule has 0 radical (unpaired) electrons. The summed E-state index contributed by atoms with van der Waals surface area (Å²) in [5, 5.41) is 6.23. The van der Waals surface area contributed by atoms with E-state index < -0.39 is 17.5 Å². The standard InChI is InChI=1S/C30H33F2N7O3/c1-2-41-16-17-11-22(32)27-26(12-17)42-10-6-18-13-19(14-23(33)28(18)36-8-9-37-34)20-5-7-35-15-25(20)39-30(40)24-4-3-21(31)29(27)38-24/h3-5,7-8,11-12,15,18-19,23,28,34H,2,6,9-10,13-14,16,33H2,1H3,(H,39,40). The van der Waals surface area contributed by atoms with E-state index in [2.05, 4.69) is 25.4 Å². The number of amides is 1. The molecule has 4 unspecified atom stereocenters. The number of pyridine rings is 2. The average molecular weight is 578 g/mol. The number of aliphatic imine (C=N–C) groups is 1. The first-order valence-electron chi connectivity index (χ1n) is 13.9. The van der Waals surface area contributed by atoms with Crippen molar-refractivity contribution in [2.45, 2.75) is 50.8 Å². The van der Waals surface area contributed by atoms with Gasteiger partial charge in [-0.2, -0.15) is 5.11 Å². The Morgan fingerprint density at radius 1 is 1.24 bits per heavy atom. The molecule has 3 aromatic rings. The molecule has 0 saturated heterocycles. The number of nitrogens with one attached hydrogen (secondary N) is 2. The SMILES string of the molecule is CCOCc1cc(F)c2c(c1)OCCC1CC(CC(N)C1N=CCN=N)c1ccncc1NC(=O)c1ccc(F)c-2n1. The van der Waals surface area contributed by atoms with Crippen molar-refractivity contribution in [3.05, 3.63) is 71.2 Å². The van der Waals surface area contributed by atoms with Crippen molar-refractivity contribution < 1.29 is 23.0 Å². The zero-order valence-electron chi connectivity index (χ0n) is 23.2. The fourth-order valence-electron chi connectivity index (χ4n) is 5.80. The van der Waals surface area contributed by atoms with E-state index in [4.69, 9.17) is 20.7 Å². The molecule has 1 saturated carbocycles. The number of nitrogens with zero attached hydrogens (tertiary/aromatic N) is 4. The Hall–Kier alpha value is -4.16. The second kappa shape index (κ2) is 13.2. The zero-order valence-corrected chi connectivity index (χ0v) is 23.2. The molecule has 4 N–H and O–H groups in total. The van der Waals surface area contributed by atoms with Gasteiger partial charge in [-0.3, -0.25) is 14.8 Å². The molecule has 1 fully saturated rings. The van der Waals surface area contributed by atoms with Crippen LogP contribution in [0.3, 0.4) is 0 Å². The van der Waals surface area contributed by atoms with Crippen LogP contribution in [0.1, 0.15) is 53.7 Å². The fraction of sp³-hybridized carbons (Fsp3) is 0.400. The highest BCUT2D eigenvalue weighted by molar-refractivity contribution is 6.03. The topological polar surface area (TPSA) is 148 Å². The van der Waals surface area contributed by atoms with Gasteiger partial charge in [-0.15, -0.1) is 0 Å². The summed E-state index contributed by atoms with van der Waals surface area (Å²) in [5.41, 5.74) is 15.1. The van der Waals surface area contributed by atoms with Crippen LogP contribution in [0.15, 0.2) is 52.8 Å². The minimum atomic E-state index is -0.796. The van der Waals surface area contributed by atoms with Crippen LogP contribution in [0.4, 0.5) is 14.5 Å². The van der Waals surface area contributed by atoms with Crippen molar-refractivity contribution in [3.63, 3.8) is 0 Å². The van der Waals surface area contributed by atoms with Gasteiger partial charge in [0, 0.05) is 25.1 Å². The number of ether oxygens (including phenoxy) is 2. The van der Waals surface area contributed by atoms with Crippen LogP contribution in [0.5, 0.6) is 5.75 Å². The van der Waals surface area contributed by atoms with Crippen LogP contribution in [-0.2, 0) is 11.3 Å². The van der Waals surface area contributed by atoms with Crippen LogP contribution in [0.2, 0.25) is 0 Å². The molecule has 1 aromatic carbocycles. The molecule has 5 rings (SSSR count). The molecule has 2 aromatic heterocycles. The average Bonchev–Trinajstić information content (AvgIpc) is 2.97. The van der Waals surface area contributed by atoms with Gasteiger partial charge in [0.2, 0.25) is 0 Å². The van der Waals surface area contributed by atoms with Gasteiger partial charge in [0.15, 0.2) is 0 Å². The lowest BCUT2D eigenvalue weighted by molar-refractivity contribution is 0.102. The lowest BCUT2D eigenvalue weighted by atomic mass is 9.71. The number of anilines is 1. The summed E-state index contributed by atoms with van der Waals surface area (Å²) in [6.45, 7) is 2.74. The molecule has 42 heavy (non-hydrogen) atoms. The molecular weight excluding hydrogens is 544 g/mol. The zero-order chi connectivity index (χ0) is 29.6. The number of nitrogens with two attached hydrogens (primary N) is 1. The predicted molar refractivity (Wildman–Crippen MR) is 153 cm³/mol. The number of aromatic nitrogens is 2. The predicted octanol–water partition coefficient (Wildman–Crippen LogP) is 5.28. The van der Waals surface area contributed by atoms with E-state index in [0.717, 1.165) is 11.6 Å². The van der Waals surface area contributed by atoms with E-state index in [1.165, 1.54) is 12.1 Å². The Labute approximate surface area is 242 Å². The lowest BCUT2D eigenvalue weighted by Gasteiger charge is -2.39. The first-order valence-corrected chi connectivity index (χ1v) is 13.9. The minimum Gasteiger partial charge on any atom is -0.493 e. The highest BCUT2D eigenvalue weighted by Gasteiger charge is 2.37. The van der Waals surface area contributed by atoms with Crippen molar-refractivity contribution in [2.24, 2.45) is 21.8 Å². The number of carbonyl (C=O) groups is 1. The molecule has 220 valence electrons. The Kier molecular flexibility index (Phi) is 9.23. The van der Waals surface area contributed by atoms with Crippen LogP contribution < -0.4 is 15.8 Å². The number of hydrogen-bond donors (Lipinski definition) is 3. The maximum Gasteiger partial charge on any atom is 0.274 e. The van der Waals surface area contributed by atoms with E-state index >= 15 is 8.78 Å². The Morgan fingerprint density at radius 3 is 2.90 bits per heavy atom. The first-order chi connectivity index (χ1) is 20.4. The Balaban J connectivity index is 1.61. The van der Waals surface area contributed by atoms with Gasteiger partial charge in [0.1, 0.15) is 28.8 Å². The van der Waals surface area contributed by atoms with Gasteiger partial charge in [-0.05, 0) is 79.5 Å².